The molecule has 0 radical (unpaired) electrons. The minimum Gasteiger partial charge on any atom is -0.349 e. The van der Waals surface area contributed by atoms with Gasteiger partial charge in [0.05, 0.1) is 17.2 Å². The number of aryl methyl sites for hydroxylation is 1. The Morgan fingerprint density at radius 2 is 2.10 bits per heavy atom. The normalized spacial score (nSPS) is 13.7. The Hall–Kier alpha value is -1.24. The van der Waals surface area contributed by atoms with Crippen LogP contribution in [-0.4, -0.2) is 10.9 Å². The number of carbonyl (C=O) groups excluding carboxylic acids is 1. The highest BCUT2D eigenvalue weighted by Gasteiger charge is 2.30. The van der Waals surface area contributed by atoms with Crippen molar-refractivity contribution in [2.45, 2.75) is 32.4 Å². The zero-order chi connectivity index (χ0) is 15.5. The maximum absolute atomic E-state index is 12.3. The molecule has 112 valence electrons. The summed E-state index contributed by atoms with van der Waals surface area (Å²) in [6, 6.07) is 7.45. The number of hydrogen-bond acceptors (Lipinski definition) is 4. The van der Waals surface area contributed by atoms with Crippen LogP contribution >= 0.6 is 27.3 Å². The Morgan fingerprint density at radius 3 is 2.67 bits per heavy atom. The van der Waals surface area contributed by atoms with Crippen molar-refractivity contribution < 1.29 is 4.79 Å². The summed E-state index contributed by atoms with van der Waals surface area (Å²) in [4.78, 5) is 16.8. The Labute approximate surface area is 136 Å². The zero-order valence-electron chi connectivity index (χ0n) is 12.0. The summed E-state index contributed by atoms with van der Waals surface area (Å²) >= 11 is 4.98. The van der Waals surface area contributed by atoms with Crippen LogP contribution in [0.25, 0.3) is 0 Å². The number of nitrogens with zero attached hydrogens (tertiary/aromatic N) is 1. The average molecular weight is 368 g/mol. The van der Waals surface area contributed by atoms with Gasteiger partial charge in [-0.15, -0.1) is 11.3 Å². The number of aromatic nitrogens is 1. The first-order valence-electron chi connectivity index (χ1n) is 6.70. The van der Waals surface area contributed by atoms with Crippen LogP contribution in [0.3, 0.4) is 0 Å². The van der Waals surface area contributed by atoms with Crippen molar-refractivity contribution in [3.8, 4) is 0 Å². The second-order valence-corrected chi connectivity index (χ2v) is 6.84. The summed E-state index contributed by atoms with van der Waals surface area (Å²) < 4.78 is 0.956. The molecular weight excluding hydrogens is 350 g/mol. The molecule has 2 aromatic rings. The van der Waals surface area contributed by atoms with Crippen LogP contribution in [0.2, 0.25) is 0 Å². The predicted molar refractivity (Wildman–Crippen MR) is 89.0 cm³/mol. The van der Waals surface area contributed by atoms with E-state index in [-0.39, 0.29) is 5.91 Å². The Morgan fingerprint density at radius 1 is 1.43 bits per heavy atom. The van der Waals surface area contributed by atoms with E-state index in [1.54, 1.807) is 18.3 Å². The fraction of sp³-hybridized carbons (Fsp3) is 0.333. The van der Waals surface area contributed by atoms with Gasteiger partial charge in [-0.3, -0.25) is 4.79 Å². The van der Waals surface area contributed by atoms with Gasteiger partial charge in [0.25, 0.3) is 0 Å². The lowest BCUT2D eigenvalue weighted by atomic mass is 9.92. The van der Waals surface area contributed by atoms with Crippen LogP contribution in [0.4, 0.5) is 0 Å². The van der Waals surface area contributed by atoms with Gasteiger partial charge in [-0.25, -0.2) is 4.98 Å². The summed E-state index contributed by atoms with van der Waals surface area (Å²) in [5.74, 6) is -0.212. The minimum atomic E-state index is -1.07. The van der Waals surface area contributed by atoms with Crippen molar-refractivity contribution >= 4 is 33.2 Å². The molecule has 0 aliphatic carbocycles. The number of carbonyl (C=O) groups is 1. The molecule has 0 fully saturated rings. The van der Waals surface area contributed by atoms with Crippen molar-refractivity contribution in [3.63, 3.8) is 0 Å². The molecule has 21 heavy (non-hydrogen) atoms. The summed E-state index contributed by atoms with van der Waals surface area (Å²) in [5.41, 5.74) is 6.76. The molecular formula is C15H18BrN3OS. The first-order chi connectivity index (χ1) is 9.93. The van der Waals surface area contributed by atoms with Crippen LogP contribution in [0.5, 0.6) is 0 Å². The molecule has 0 aliphatic rings. The number of hydrogen-bond donors (Lipinski definition) is 2. The largest absolute Gasteiger partial charge is 0.349 e. The van der Waals surface area contributed by atoms with E-state index in [1.165, 1.54) is 0 Å². The number of halogens is 1. The van der Waals surface area contributed by atoms with E-state index in [0.717, 1.165) is 27.2 Å². The van der Waals surface area contributed by atoms with Crippen molar-refractivity contribution in [2.75, 3.05) is 0 Å². The third-order valence-electron chi connectivity index (χ3n) is 3.25. The lowest BCUT2D eigenvalue weighted by Crippen LogP contribution is -2.48. The molecule has 4 nitrogen and oxygen atoms in total. The lowest BCUT2D eigenvalue weighted by Gasteiger charge is -2.24. The fourth-order valence-electron chi connectivity index (χ4n) is 1.87. The monoisotopic (exact) mass is 367 g/mol. The summed E-state index contributed by atoms with van der Waals surface area (Å²) in [6.45, 7) is 4.18. The van der Waals surface area contributed by atoms with Crippen LogP contribution in [0, 0.1) is 0 Å². The number of rotatable bonds is 5. The quantitative estimate of drug-likeness (QED) is 0.853. The highest BCUT2D eigenvalue weighted by atomic mass is 79.9. The molecule has 1 atom stereocenters. The van der Waals surface area contributed by atoms with Crippen molar-refractivity contribution in [1.82, 2.24) is 10.3 Å². The smallest absolute Gasteiger partial charge is 0.244 e. The maximum atomic E-state index is 12.3. The molecule has 1 unspecified atom stereocenters. The van der Waals surface area contributed by atoms with Gasteiger partial charge in [0.2, 0.25) is 5.91 Å². The number of thiazole rings is 1. The van der Waals surface area contributed by atoms with Crippen LogP contribution < -0.4 is 11.1 Å². The Bertz CT molecular complexity index is 622. The molecule has 6 heteroatoms. The number of benzene rings is 1. The highest BCUT2D eigenvalue weighted by molar-refractivity contribution is 9.10. The number of nitrogens with one attached hydrogen (secondary N) is 1. The summed E-state index contributed by atoms with van der Waals surface area (Å²) in [7, 11) is 0. The molecule has 3 N–H and O–H groups in total. The first-order valence-corrected chi connectivity index (χ1v) is 8.37. The second kappa shape index (κ2) is 6.68. The number of amides is 1. The van der Waals surface area contributed by atoms with E-state index >= 15 is 0 Å². The Kier molecular flexibility index (Phi) is 5.13. The highest BCUT2D eigenvalue weighted by Crippen LogP contribution is 2.21. The van der Waals surface area contributed by atoms with Crippen LogP contribution in [-0.2, 0) is 23.3 Å². The molecule has 0 spiro atoms. The Balaban J connectivity index is 2.02. The molecule has 0 saturated heterocycles. The predicted octanol–water partition coefficient (Wildman–Crippen LogP) is 2.96. The molecule has 2 rings (SSSR count). The molecule has 1 amide bonds. The van der Waals surface area contributed by atoms with E-state index in [1.807, 2.05) is 29.6 Å². The molecule has 0 aliphatic heterocycles. The maximum Gasteiger partial charge on any atom is 0.244 e. The SMILES string of the molecule is CCc1nc(CNC(=O)C(C)(N)c2ccc(Br)cc2)cs1. The minimum absolute atomic E-state index is 0.212. The van der Waals surface area contributed by atoms with E-state index in [9.17, 15) is 4.79 Å². The number of nitrogens with two attached hydrogens (primary N) is 1. The molecule has 1 heterocycles. The fourth-order valence-corrected chi connectivity index (χ4v) is 2.88. The van der Waals surface area contributed by atoms with Crippen molar-refractivity contribution in [2.24, 2.45) is 5.73 Å². The third kappa shape index (κ3) is 3.90. The first kappa shape index (κ1) is 16.1. The van der Waals surface area contributed by atoms with E-state index in [0.29, 0.717) is 6.54 Å². The lowest BCUT2D eigenvalue weighted by molar-refractivity contribution is -0.126. The van der Waals surface area contributed by atoms with Gasteiger partial charge >= 0.3 is 0 Å². The summed E-state index contributed by atoms with van der Waals surface area (Å²) in [5, 5.41) is 5.90. The van der Waals surface area contributed by atoms with Gasteiger partial charge in [-0.05, 0) is 31.0 Å². The van der Waals surface area contributed by atoms with Gasteiger partial charge in [-0.2, -0.15) is 0 Å². The topological polar surface area (TPSA) is 68.0 Å². The zero-order valence-corrected chi connectivity index (χ0v) is 14.4. The van der Waals surface area contributed by atoms with E-state index in [4.69, 9.17) is 5.73 Å². The van der Waals surface area contributed by atoms with Crippen LogP contribution in [0.1, 0.15) is 30.1 Å². The summed E-state index contributed by atoms with van der Waals surface area (Å²) in [6.07, 6.45) is 0.909. The standard InChI is InChI=1S/C15H18BrN3OS/c1-3-13-19-12(9-21-13)8-18-14(20)15(2,17)10-4-6-11(16)7-5-10/h4-7,9H,3,8,17H2,1-2H3,(H,18,20). The van der Waals surface area contributed by atoms with Gasteiger partial charge in [0.1, 0.15) is 5.54 Å². The molecule has 0 saturated carbocycles. The van der Waals surface area contributed by atoms with Crippen LogP contribution in [0.15, 0.2) is 34.1 Å². The second-order valence-electron chi connectivity index (χ2n) is 4.98. The van der Waals surface area contributed by atoms with Crippen molar-refractivity contribution in [1.29, 1.82) is 0 Å². The van der Waals surface area contributed by atoms with E-state index < -0.39 is 5.54 Å². The van der Waals surface area contributed by atoms with Gasteiger partial charge in [0, 0.05) is 9.85 Å². The molecule has 0 bridgehead atoms. The molecule has 1 aromatic carbocycles. The third-order valence-corrected chi connectivity index (χ3v) is 4.82. The van der Waals surface area contributed by atoms with Gasteiger partial charge in [-0.1, -0.05) is 35.0 Å². The van der Waals surface area contributed by atoms with Gasteiger partial charge < -0.3 is 11.1 Å². The average Bonchev–Trinajstić information content (AvgIpc) is 2.93. The van der Waals surface area contributed by atoms with Crippen molar-refractivity contribution in [3.05, 3.63) is 50.4 Å². The molecule has 1 aromatic heterocycles. The van der Waals surface area contributed by atoms with E-state index in [2.05, 4.69) is 33.2 Å². The van der Waals surface area contributed by atoms with Gasteiger partial charge in [0.15, 0.2) is 0 Å².